The zero-order chi connectivity index (χ0) is 12.8. The normalized spacial score (nSPS) is 12.5. The fourth-order valence-electron chi connectivity index (χ4n) is 1.90. The standard InChI is InChI=1S/C14H19FN2/c1-10(2)4-11(3)17-9-13-5-12(8-16)6-14(15)7-13/h5-7,10-11,17H,4,9H2,1-3H3. The van der Waals surface area contributed by atoms with E-state index in [9.17, 15) is 4.39 Å². The molecule has 1 N–H and O–H groups in total. The van der Waals surface area contributed by atoms with Crippen LogP contribution < -0.4 is 5.32 Å². The van der Waals surface area contributed by atoms with Crippen LogP contribution in [0, 0.1) is 23.1 Å². The number of nitrogens with zero attached hydrogens (tertiary/aromatic N) is 1. The molecule has 0 aliphatic rings. The number of benzene rings is 1. The molecule has 0 aliphatic heterocycles. The highest BCUT2D eigenvalue weighted by molar-refractivity contribution is 5.33. The van der Waals surface area contributed by atoms with E-state index in [-0.39, 0.29) is 5.82 Å². The minimum Gasteiger partial charge on any atom is -0.310 e. The summed E-state index contributed by atoms with van der Waals surface area (Å²) in [6.07, 6.45) is 1.08. The summed E-state index contributed by atoms with van der Waals surface area (Å²) in [7, 11) is 0. The van der Waals surface area contributed by atoms with Crippen molar-refractivity contribution in [3.8, 4) is 6.07 Å². The highest BCUT2D eigenvalue weighted by Gasteiger charge is 2.05. The van der Waals surface area contributed by atoms with Crippen LogP contribution in [0.1, 0.15) is 38.3 Å². The third kappa shape index (κ3) is 4.97. The van der Waals surface area contributed by atoms with Gasteiger partial charge in [-0.3, -0.25) is 0 Å². The summed E-state index contributed by atoms with van der Waals surface area (Å²) in [6.45, 7) is 7.06. The molecule has 0 aromatic heterocycles. The SMILES string of the molecule is CC(C)CC(C)NCc1cc(F)cc(C#N)c1. The van der Waals surface area contributed by atoms with Crippen LogP contribution in [0.2, 0.25) is 0 Å². The molecule has 2 nitrogen and oxygen atoms in total. The first-order chi connectivity index (χ1) is 8.01. The van der Waals surface area contributed by atoms with E-state index in [1.807, 2.05) is 6.07 Å². The third-order valence-electron chi connectivity index (χ3n) is 2.57. The minimum absolute atomic E-state index is 0.350. The Kier molecular flexibility index (Phi) is 5.11. The maximum atomic E-state index is 13.2. The smallest absolute Gasteiger partial charge is 0.124 e. The summed E-state index contributed by atoms with van der Waals surface area (Å²) in [5.74, 6) is 0.289. The fourth-order valence-corrected chi connectivity index (χ4v) is 1.90. The van der Waals surface area contributed by atoms with E-state index in [4.69, 9.17) is 5.26 Å². The molecule has 0 saturated heterocycles. The second kappa shape index (κ2) is 6.36. The van der Waals surface area contributed by atoms with Crippen molar-refractivity contribution in [2.24, 2.45) is 5.92 Å². The van der Waals surface area contributed by atoms with Gasteiger partial charge in [0.25, 0.3) is 0 Å². The lowest BCUT2D eigenvalue weighted by Gasteiger charge is -2.16. The monoisotopic (exact) mass is 234 g/mol. The number of hydrogen-bond acceptors (Lipinski definition) is 2. The van der Waals surface area contributed by atoms with Gasteiger partial charge in [0.15, 0.2) is 0 Å². The van der Waals surface area contributed by atoms with E-state index in [1.54, 1.807) is 6.07 Å². The van der Waals surface area contributed by atoms with Crippen molar-refractivity contribution in [1.29, 1.82) is 5.26 Å². The molecule has 0 fully saturated rings. The molecule has 1 aromatic carbocycles. The Bertz CT molecular complexity index is 407. The van der Waals surface area contributed by atoms with E-state index in [2.05, 4.69) is 26.1 Å². The second-order valence-electron chi connectivity index (χ2n) is 4.87. The molecule has 92 valence electrons. The zero-order valence-electron chi connectivity index (χ0n) is 10.6. The Labute approximate surface area is 102 Å². The molecule has 3 heteroatoms. The summed E-state index contributed by atoms with van der Waals surface area (Å²) in [5, 5.41) is 12.1. The van der Waals surface area contributed by atoms with Crippen LogP contribution in [0.3, 0.4) is 0 Å². The molecule has 0 spiro atoms. The minimum atomic E-state index is -0.350. The van der Waals surface area contributed by atoms with Crippen LogP contribution in [0.5, 0.6) is 0 Å². The zero-order valence-corrected chi connectivity index (χ0v) is 10.6. The number of nitriles is 1. The number of hydrogen-bond donors (Lipinski definition) is 1. The average Bonchev–Trinajstić information content (AvgIpc) is 2.24. The van der Waals surface area contributed by atoms with Crippen LogP contribution in [0.25, 0.3) is 0 Å². The van der Waals surface area contributed by atoms with E-state index >= 15 is 0 Å². The first kappa shape index (κ1) is 13.7. The molecule has 1 aromatic rings. The predicted octanol–water partition coefficient (Wildman–Crippen LogP) is 3.22. The Morgan fingerprint density at radius 1 is 1.29 bits per heavy atom. The Morgan fingerprint density at radius 3 is 2.59 bits per heavy atom. The summed E-state index contributed by atoms with van der Waals surface area (Å²) >= 11 is 0. The van der Waals surface area contributed by atoms with Crippen molar-refractivity contribution in [1.82, 2.24) is 5.32 Å². The molecule has 0 saturated carbocycles. The maximum absolute atomic E-state index is 13.2. The molecular weight excluding hydrogens is 215 g/mol. The van der Waals surface area contributed by atoms with Gasteiger partial charge in [0, 0.05) is 12.6 Å². The molecule has 0 bridgehead atoms. The average molecular weight is 234 g/mol. The van der Waals surface area contributed by atoms with Gasteiger partial charge in [0.1, 0.15) is 5.82 Å². The van der Waals surface area contributed by atoms with E-state index in [1.165, 1.54) is 12.1 Å². The molecule has 0 aliphatic carbocycles. The van der Waals surface area contributed by atoms with E-state index in [0.717, 1.165) is 12.0 Å². The highest BCUT2D eigenvalue weighted by Crippen LogP contribution is 2.10. The van der Waals surface area contributed by atoms with Crippen molar-refractivity contribution in [2.75, 3.05) is 0 Å². The van der Waals surface area contributed by atoms with E-state index < -0.39 is 0 Å². The summed E-state index contributed by atoms with van der Waals surface area (Å²) < 4.78 is 13.2. The summed E-state index contributed by atoms with van der Waals surface area (Å²) in [6, 6.07) is 6.79. The lowest BCUT2D eigenvalue weighted by Crippen LogP contribution is -2.26. The van der Waals surface area contributed by atoms with Crippen LogP contribution >= 0.6 is 0 Å². The van der Waals surface area contributed by atoms with Gasteiger partial charge in [-0.1, -0.05) is 13.8 Å². The van der Waals surface area contributed by atoms with Gasteiger partial charge < -0.3 is 5.32 Å². The lowest BCUT2D eigenvalue weighted by atomic mass is 10.0. The topological polar surface area (TPSA) is 35.8 Å². The van der Waals surface area contributed by atoms with Gasteiger partial charge in [-0.15, -0.1) is 0 Å². The highest BCUT2D eigenvalue weighted by atomic mass is 19.1. The second-order valence-corrected chi connectivity index (χ2v) is 4.87. The Hall–Kier alpha value is -1.40. The summed E-state index contributed by atoms with van der Waals surface area (Å²) in [5.41, 5.74) is 1.19. The number of nitrogens with one attached hydrogen (secondary N) is 1. The van der Waals surface area contributed by atoms with Gasteiger partial charge >= 0.3 is 0 Å². The van der Waals surface area contributed by atoms with Crippen LogP contribution in [0.4, 0.5) is 4.39 Å². The third-order valence-corrected chi connectivity index (χ3v) is 2.57. The quantitative estimate of drug-likeness (QED) is 0.849. The number of rotatable bonds is 5. The van der Waals surface area contributed by atoms with Crippen molar-refractivity contribution < 1.29 is 4.39 Å². The Morgan fingerprint density at radius 2 is 2.00 bits per heavy atom. The lowest BCUT2D eigenvalue weighted by molar-refractivity contribution is 0.441. The van der Waals surface area contributed by atoms with Crippen LogP contribution in [0.15, 0.2) is 18.2 Å². The van der Waals surface area contributed by atoms with Crippen molar-refractivity contribution in [3.05, 3.63) is 35.1 Å². The fraction of sp³-hybridized carbons (Fsp3) is 0.500. The van der Waals surface area contributed by atoms with E-state index in [0.29, 0.717) is 24.1 Å². The summed E-state index contributed by atoms with van der Waals surface area (Å²) in [4.78, 5) is 0. The largest absolute Gasteiger partial charge is 0.310 e. The van der Waals surface area contributed by atoms with Crippen molar-refractivity contribution >= 4 is 0 Å². The maximum Gasteiger partial charge on any atom is 0.124 e. The van der Waals surface area contributed by atoms with Crippen molar-refractivity contribution in [3.63, 3.8) is 0 Å². The van der Waals surface area contributed by atoms with Crippen LogP contribution in [-0.2, 0) is 6.54 Å². The molecule has 0 amide bonds. The first-order valence-corrected chi connectivity index (χ1v) is 5.94. The molecule has 0 radical (unpaired) electrons. The van der Waals surface area contributed by atoms with Gasteiger partial charge in [-0.05, 0) is 43.0 Å². The van der Waals surface area contributed by atoms with Crippen molar-refractivity contribution in [2.45, 2.75) is 39.8 Å². The Balaban J connectivity index is 2.57. The predicted molar refractivity (Wildman–Crippen MR) is 66.9 cm³/mol. The van der Waals surface area contributed by atoms with Gasteiger partial charge in [-0.2, -0.15) is 5.26 Å². The van der Waals surface area contributed by atoms with Crippen LogP contribution in [-0.4, -0.2) is 6.04 Å². The van der Waals surface area contributed by atoms with Gasteiger partial charge in [-0.25, -0.2) is 4.39 Å². The molecule has 1 rings (SSSR count). The molecule has 0 heterocycles. The van der Waals surface area contributed by atoms with Gasteiger partial charge in [0.05, 0.1) is 11.6 Å². The van der Waals surface area contributed by atoms with Gasteiger partial charge in [0.2, 0.25) is 0 Å². The first-order valence-electron chi connectivity index (χ1n) is 5.94. The molecule has 1 atom stereocenters. The molecular formula is C14H19FN2. The number of halogens is 1. The molecule has 1 unspecified atom stereocenters. The molecule has 17 heavy (non-hydrogen) atoms.